The van der Waals surface area contributed by atoms with Gasteiger partial charge < -0.3 is 14.6 Å². The molecule has 0 unspecified atom stereocenters. The van der Waals surface area contributed by atoms with Gasteiger partial charge in [-0.15, -0.1) is 0 Å². The van der Waals surface area contributed by atoms with Gasteiger partial charge in [-0.2, -0.15) is 0 Å². The second-order valence-electron chi connectivity index (χ2n) is 6.74. The first-order valence-electron chi connectivity index (χ1n) is 9.03. The zero-order valence-electron chi connectivity index (χ0n) is 16.2. The predicted molar refractivity (Wildman–Crippen MR) is 107 cm³/mol. The number of carbonyl (C=O) groups excluding carboxylic acids is 2. The minimum Gasteiger partial charge on any atom is -0.441 e. The molecule has 2 aromatic carbocycles. The number of rotatable bonds is 6. The Morgan fingerprint density at radius 1 is 1.04 bits per heavy atom. The number of carbonyl (C=O) groups is 2. The maximum atomic E-state index is 12.3. The van der Waals surface area contributed by atoms with Crippen LogP contribution in [-0.4, -0.2) is 35.8 Å². The highest BCUT2D eigenvalue weighted by Crippen LogP contribution is 2.21. The standard InChI is InChI=1S/C22H23N3O3/c1-15-19(24-21(28-15)17-7-5-4-6-8-17)13-20(26)23-14-16-9-11-18(12-10-16)22(27)25(2)3/h4-12H,13-14H2,1-3H3,(H,23,26). The Balaban J connectivity index is 1.58. The normalized spacial score (nSPS) is 10.5. The van der Waals surface area contributed by atoms with Gasteiger partial charge in [0.25, 0.3) is 5.91 Å². The second kappa shape index (κ2) is 8.52. The van der Waals surface area contributed by atoms with Crippen LogP contribution in [-0.2, 0) is 17.8 Å². The van der Waals surface area contributed by atoms with Gasteiger partial charge in [0.1, 0.15) is 5.76 Å². The molecule has 28 heavy (non-hydrogen) atoms. The van der Waals surface area contributed by atoms with E-state index in [2.05, 4.69) is 10.3 Å². The molecule has 0 aliphatic heterocycles. The summed E-state index contributed by atoms with van der Waals surface area (Å²) in [5.74, 6) is 0.971. The Morgan fingerprint density at radius 2 is 1.71 bits per heavy atom. The van der Waals surface area contributed by atoms with Crippen molar-refractivity contribution in [3.63, 3.8) is 0 Å². The van der Waals surface area contributed by atoms with Crippen molar-refractivity contribution < 1.29 is 14.0 Å². The lowest BCUT2D eigenvalue weighted by Crippen LogP contribution is -2.25. The van der Waals surface area contributed by atoms with Crippen molar-refractivity contribution in [1.82, 2.24) is 15.2 Å². The number of nitrogens with one attached hydrogen (secondary N) is 1. The fourth-order valence-electron chi connectivity index (χ4n) is 2.73. The molecule has 0 saturated carbocycles. The maximum absolute atomic E-state index is 12.3. The summed E-state index contributed by atoms with van der Waals surface area (Å²) >= 11 is 0. The maximum Gasteiger partial charge on any atom is 0.253 e. The number of aromatic nitrogens is 1. The minimum atomic E-state index is -0.135. The number of benzene rings is 2. The van der Waals surface area contributed by atoms with E-state index in [-0.39, 0.29) is 18.2 Å². The molecule has 2 amide bonds. The molecule has 0 radical (unpaired) electrons. The van der Waals surface area contributed by atoms with Gasteiger partial charge in [-0.25, -0.2) is 4.98 Å². The highest BCUT2D eigenvalue weighted by molar-refractivity contribution is 5.93. The summed E-state index contributed by atoms with van der Waals surface area (Å²) in [6.45, 7) is 2.19. The molecule has 0 bridgehead atoms. The first-order valence-corrected chi connectivity index (χ1v) is 9.03. The Labute approximate surface area is 164 Å². The smallest absolute Gasteiger partial charge is 0.253 e. The lowest BCUT2D eigenvalue weighted by molar-refractivity contribution is -0.120. The molecule has 1 aromatic heterocycles. The molecular weight excluding hydrogens is 354 g/mol. The number of nitrogens with zero attached hydrogens (tertiary/aromatic N) is 2. The summed E-state index contributed by atoms with van der Waals surface area (Å²) in [5, 5.41) is 2.88. The van der Waals surface area contributed by atoms with E-state index in [4.69, 9.17) is 4.42 Å². The van der Waals surface area contributed by atoms with Crippen LogP contribution < -0.4 is 5.32 Å². The number of oxazole rings is 1. The van der Waals surface area contributed by atoms with Crippen molar-refractivity contribution in [2.24, 2.45) is 0 Å². The van der Waals surface area contributed by atoms with Crippen molar-refractivity contribution in [3.05, 3.63) is 77.2 Å². The van der Waals surface area contributed by atoms with Crippen molar-refractivity contribution in [2.75, 3.05) is 14.1 Å². The number of amides is 2. The van der Waals surface area contributed by atoms with Crippen LogP contribution in [0.15, 0.2) is 59.0 Å². The quantitative estimate of drug-likeness (QED) is 0.716. The Bertz CT molecular complexity index is 960. The molecular formula is C22H23N3O3. The van der Waals surface area contributed by atoms with Gasteiger partial charge in [0.15, 0.2) is 0 Å². The van der Waals surface area contributed by atoms with E-state index in [1.54, 1.807) is 26.2 Å². The molecule has 6 heteroatoms. The van der Waals surface area contributed by atoms with Crippen LogP contribution in [0.25, 0.3) is 11.5 Å². The monoisotopic (exact) mass is 377 g/mol. The molecule has 0 saturated heterocycles. The molecule has 0 aliphatic carbocycles. The zero-order valence-corrected chi connectivity index (χ0v) is 16.2. The Morgan fingerprint density at radius 3 is 2.36 bits per heavy atom. The van der Waals surface area contributed by atoms with Gasteiger partial charge in [0.2, 0.25) is 11.8 Å². The zero-order chi connectivity index (χ0) is 20.1. The summed E-state index contributed by atoms with van der Waals surface area (Å²) in [6, 6.07) is 16.8. The van der Waals surface area contributed by atoms with Crippen molar-refractivity contribution >= 4 is 11.8 Å². The van der Waals surface area contributed by atoms with E-state index in [0.717, 1.165) is 11.1 Å². The van der Waals surface area contributed by atoms with Crippen LogP contribution in [0.3, 0.4) is 0 Å². The van der Waals surface area contributed by atoms with E-state index < -0.39 is 0 Å². The fraction of sp³-hybridized carbons (Fsp3) is 0.227. The van der Waals surface area contributed by atoms with Crippen LogP contribution in [0, 0.1) is 6.92 Å². The largest absolute Gasteiger partial charge is 0.441 e. The van der Waals surface area contributed by atoms with Crippen LogP contribution in [0.1, 0.15) is 27.4 Å². The molecule has 0 aliphatic rings. The highest BCUT2D eigenvalue weighted by Gasteiger charge is 2.14. The lowest BCUT2D eigenvalue weighted by Gasteiger charge is -2.10. The average Bonchev–Trinajstić information content (AvgIpc) is 3.07. The van der Waals surface area contributed by atoms with Crippen LogP contribution in [0.2, 0.25) is 0 Å². The first kappa shape index (κ1) is 19.4. The third-order valence-electron chi connectivity index (χ3n) is 4.34. The summed E-state index contributed by atoms with van der Waals surface area (Å²) in [5.41, 5.74) is 3.05. The van der Waals surface area contributed by atoms with Crippen LogP contribution in [0.5, 0.6) is 0 Å². The lowest BCUT2D eigenvalue weighted by atomic mass is 10.1. The van der Waals surface area contributed by atoms with E-state index in [9.17, 15) is 9.59 Å². The average molecular weight is 377 g/mol. The molecule has 0 fully saturated rings. The molecule has 0 spiro atoms. The molecule has 6 nitrogen and oxygen atoms in total. The topological polar surface area (TPSA) is 75.4 Å². The minimum absolute atomic E-state index is 0.0497. The molecule has 1 heterocycles. The van der Waals surface area contributed by atoms with Gasteiger partial charge in [0.05, 0.1) is 12.1 Å². The van der Waals surface area contributed by atoms with Gasteiger partial charge in [-0.3, -0.25) is 9.59 Å². The van der Waals surface area contributed by atoms with Crippen molar-refractivity contribution in [3.8, 4) is 11.5 Å². The first-order chi connectivity index (χ1) is 13.4. The molecule has 3 aromatic rings. The Hall–Kier alpha value is -3.41. The third kappa shape index (κ3) is 4.65. The number of hydrogen-bond acceptors (Lipinski definition) is 4. The van der Waals surface area contributed by atoms with Gasteiger partial charge in [0, 0.05) is 31.8 Å². The highest BCUT2D eigenvalue weighted by atomic mass is 16.4. The van der Waals surface area contributed by atoms with E-state index in [1.165, 1.54) is 4.90 Å². The van der Waals surface area contributed by atoms with Crippen molar-refractivity contribution in [1.29, 1.82) is 0 Å². The van der Waals surface area contributed by atoms with Gasteiger partial charge in [-0.05, 0) is 36.8 Å². The second-order valence-corrected chi connectivity index (χ2v) is 6.74. The molecule has 0 atom stereocenters. The van der Waals surface area contributed by atoms with Crippen LogP contribution >= 0.6 is 0 Å². The van der Waals surface area contributed by atoms with Gasteiger partial charge >= 0.3 is 0 Å². The molecule has 144 valence electrons. The predicted octanol–water partition coefficient (Wildman–Crippen LogP) is 3.21. The van der Waals surface area contributed by atoms with Gasteiger partial charge in [-0.1, -0.05) is 30.3 Å². The fourth-order valence-corrected chi connectivity index (χ4v) is 2.73. The summed E-state index contributed by atoms with van der Waals surface area (Å²) < 4.78 is 5.69. The number of aryl methyl sites for hydroxylation is 1. The number of hydrogen-bond donors (Lipinski definition) is 1. The van der Waals surface area contributed by atoms with E-state index >= 15 is 0 Å². The third-order valence-corrected chi connectivity index (χ3v) is 4.34. The summed E-state index contributed by atoms with van der Waals surface area (Å²) in [6.07, 6.45) is 0.152. The van der Waals surface area contributed by atoms with E-state index in [0.29, 0.717) is 29.5 Å². The Kier molecular flexibility index (Phi) is 5.89. The van der Waals surface area contributed by atoms with Crippen molar-refractivity contribution in [2.45, 2.75) is 19.9 Å². The summed E-state index contributed by atoms with van der Waals surface area (Å²) in [4.78, 5) is 30.2. The van der Waals surface area contributed by atoms with Crippen LogP contribution in [0.4, 0.5) is 0 Å². The molecule has 1 N–H and O–H groups in total. The molecule has 3 rings (SSSR count). The van der Waals surface area contributed by atoms with E-state index in [1.807, 2.05) is 49.4 Å². The summed E-state index contributed by atoms with van der Waals surface area (Å²) in [7, 11) is 3.43. The SMILES string of the molecule is Cc1oc(-c2ccccc2)nc1CC(=O)NCc1ccc(C(=O)N(C)C)cc1.